The van der Waals surface area contributed by atoms with E-state index in [2.05, 4.69) is 32.9 Å². The fourth-order valence-corrected chi connectivity index (χ4v) is 2.28. The van der Waals surface area contributed by atoms with Crippen LogP contribution in [0.4, 0.5) is 5.69 Å². The first-order valence-corrected chi connectivity index (χ1v) is 6.99. The Morgan fingerprint density at radius 2 is 1.89 bits per heavy atom. The molecule has 0 saturated carbocycles. The van der Waals surface area contributed by atoms with Crippen molar-refractivity contribution in [1.82, 2.24) is 4.98 Å². The summed E-state index contributed by atoms with van der Waals surface area (Å²) in [4.78, 5) is 14.6. The van der Waals surface area contributed by atoms with Crippen molar-refractivity contribution in [1.29, 1.82) is 0 Å². The maximum atomic E-state index is 11.9. The zero-order valence-electron chi connectivity index (χ0n) is 8.73. The Labute approximate surface area is 132 Å². The van der Waals surface area contributed by atoms with Gasteiger partial charge in [-0.3, -0.25) is 4.79 Å². The molecule has 0 radical (unpaired) electrons. The molecule has 2 N–H and O–H groups in total. The van der Waals surface area contributed by atoms with E-state index >= 15 is 0 Å². The lowest BCUT2D eigenvalue weighted by Gasteiger charge is -2.06. The van der Waals surface area contributed by atoms with E-state index in [4.69, 9.17) is 34.8 Å². The molecule has 18 heavy (non-hydrogen) atoms. The molecule has 0 aliphatic rings. The lowest BCUT2D eigenvalue weighted by molar-refractivity contribution is 0.102. The summed E-state index contributed by atoms with van der Waals surface area (Å²) in [5.74, 6) is -0.354. The molecule has 2 aromatic rings. The minimum atomic E-state index is -0.354. The van der Waals surface area contributed by atoms with E-state index in [9.17, 15) is 4.79 Å². The van der Waals surface area contributed by atoms with Crippen LogP contribution in [0.5, 0.6) is 0 Å². The molecule has 0 aliphatic carbocycles. The van der Waals surface area contributed by atoms with E-state index in [1.54, 1.807) is 12.1 Å². The number of carbonyl (C=O) groups is 1. The number of aromatic nitrogens is 1. The Morgan fingerprint density at radius 3 is 2.50 bits per heavy atom. The van der Waals surface area contributed by atoms with Crippen molar-refractivity contribution in [2.75, 3.05) is 5.32 Å². The number of amides is 1. The summed E-state index contributed by atoms with van der Waals surface area (Å²) < 4.78 is 0.967. The summed E-state index contributed by atoms with van der Waals surface area (Å²) in [6.07, 6.45) is 0. The predicted octanol–water partition coefficient (Wildman–Crippen LogP) is 4.83. The van der Waals surface area contributed by atoms with Crippen molar-refractivity contribution in [3.63, 3.8) is 0 Å². The highest BCUT2D eigenvalue weighted by atomic mass is 127. The summed E-state index contributed by atoms with van der Waals surface area (Å²) in [6, 6.07) is 6.79. The Hall–Kier alpha value is -0.430. The number of carbonyl (C=O) groups excluding carboxylic acids is 1. The van der Waals surface area contributed by atoms with E-state index in [1.807, 2.05) is 6.07 Å². The van der Waals surface area contributed by atoms with Crippen LogP contribution < -0.4 is 5.32 Å². The Bertz CT molecular complexity index is 593. The molecule has 7 heteroatoms. The first-order valence-electron chi connectivity index (χ1n) is 4.78. The number of halogens is 4. The van der Waals surface area contributed by atoms with E-state index in [0.29, 0.717) is 15.7 Å². The minimum absolute atomic E-state index is 0.232. The van der Waals surface area contributed by atoms with Gasteiger partial charge in [-0.2, -0.15) is 0 Å². The molecule has 0 aliphatic heterocycles. The van der Waals surface area contributed by atoms with Crippen LogP contribution in [0.2, 0.25) is 15.2 Å². The molecule has 94 valence electrons. The third-order valence-electron chi connectivity index (χ3n) is 2.15. The van der Waals surface area contributed by atoms with Crippen LogP contribution in [0.3, 0.4) is 0 Å². The van der Waals surface area contributed by atoms with E-state index in [-0.39, 0.29) is 16.8 Å². The standard InChI is InChI=1S/C11H6Cl3IN2O/c12-6-2-1-5(15)3-8(6)17-11(18)9-4-7(13)10(14)16-9/h1-4,16H,(H,17,18). The molecule has 0 atom stereocenters. The van der Waals surface area contributed by atoms with Gasteiger partial charge in [-0.05, 0) is 46.9 Å². The van der Waals surface area contributed by atoms with E-state index < -0.39 is 0 Å². The molecule has 2 rings (SSSR count). The average molecular weight is 415 g/mol. The second-order valence-electron chi connectivity index (χ2n) is 3.42. The van der Waals surface area contributed by atoms with Crippen molar-refractivity contribution in [2.24, 2.45) is 0 Å². The van der Waals surface area contributed by atoms with Crippen molar-refractivity contribution in [3.05, 3.63) is 48.7 Å². The average Bonchev–Trinajstić information content (AvgIpc) is 2.64. The highest BCUT2D eigenvalue weighted by Gasteiger charge is 2.13. The lowest BCUT2D eigenvalue weighted by Crippen LogP contribution is -2.12. The van der Waals surface area contributed by atoms with Gasteiger partial charge in [0.05, 0.1) is 15.7 Å². The topological polar surface area (TPSA) is 44.9 Å². The molecule has 1 aromatic heterocycles. The molecular weight excluding hydrogens is 409 g/mol. The summed E-state index contributed by atoms with van der Waals surface area (Å²) in [6.45, 7) is 0. The summed E-state index contributed by atoms with van der Waals surface area (Å²) in [7, 11) is 0. The Balaban J connectivity index is 2.23. The van der Waals surface area contributed by atoms with Gasteiger partial charge in [0, 0.05) is 3.57 Å². The van der Waals surface area contributed by atoms with Crippen LogP contribution in [0, 0.1) is 3.57 Å². The summed E-state index contributed by atoms with van der Waals surface area (Å²) >= 11 is 19.6. The third-order valence-corrected chi connectivity index (χ3v) is 3.84. The van der Waals surface area contributed by atoms with Gasteiger partial charge in [-0.1, -0.05) is 34.8 Å². The largest absolute Gasteiger partial charge is 0.340 e. The number of rotatable bonds is 2. The number of H-pyrrole nitrogens is 1. The molecule has 0 saturated heterocycles. The maximum absolute atomic E-state index is 11.9. The highest BCUT2D eigenvalue weighted by molar-refractivity contribution is 14.1. The van der Waals surface area contributed by atoms with Crippen LogP contribution in [0.25, 0.3) is 0 Å². The number of hydrogen-bond acceptors (Lipinski definition) is 1. The van der Waals surface area contributed by atoms with Gasteiger partial charge in [0.2, 0.25) is 0 Å². The van der Waals surface area contributed by atoms with Gasteiger partial charge in [-0.25, -0.2) is 0 Å². The van der Waals surface area contributed by atoms with E-state index in [1.165, 1.54) is 6.07 Å². The summed E-state index contributed by atoms with van der Waals surface area (Å²) in [5, 5.41) is 3.68. The Morgan fingerprint density at radius 1 is 1.17 bits per heavy atom. The smallest absolute Gasteiger partial charge is 0.272 e. The molecule has 1 amide bonds. The van der Waals surface area contributed by atoms with Gasteiger partial charge < -0.3 is 10.3 Å². The van der Waals surface area contributed by atoms with Gasteiger partial charge in [0.15, 0.2) is 0 Å². The van der Waals surface area contributed by atoms with Crippen molar-refractivity contribution < 1.29 is 4.79 Å². The van der Waals surface area contributed by atoms with Crippen LogP contribution >= 0.6 is 57.4 Å². The van der Waals surface area contributed by atoms with Gasteiger partial charge in [-0.15, -0.1) is 0 Å². The van der Waals surface area contributed by atoms with Gasteiger partial charge in [0.25, 0.3) is 5.91 Å². The maximum Gasteiger partial charge on any atom is 0.272 e. The molecule has 3 nitrogen and oxygen atoms in total. The van der Waals surface area contributed by atoms with Crippen LogP contribution in [-0.2, 0) is 0 Å². The number of nitrogens with one attached hydrogen (secondary N) is 2. The zero-order chi connectivity index (χ0) is 13.3. The van der Waals surface area contributed by atoms with Gasteiger partial charge in [0.1, 0.15) is 10.8 Å². The second-order valence-corrected chi connectivity index (χ2v) is 5.86. The first-order chi connectivity index (χ1) is 8.47. The second kappa shape index (κ2) is 5.69. The van der Waals surface area contributed by atoms with E-state index in [0.717, 1.165) is 3.57 Å². The van der Waals surface area contributed by atoms with Crippen molar-refractivity contribution in [2.45, 2.75) is 0 Å². The first kappa shape index (κ1) is 14.0. The minimum Gasteiger partial charge on any atom is -0.340 e. The molecular formula is C11H6Cl3IN2O. The Kier molecular flexibility index (Phi) is 4.42. The molecule has 0 unspecified atom stereocenters. The number of anilines is 1. The van der Waals surface area contributed by atoms with Crippen molar-refractivity contribution in [3.8, 4) is 0 Å². The molecule has 0 spiro atoms. The fraction of sp³-hybridized carbons (Fsp3) is 0. The molecule has 0 bridgehead atoms. The summed E-state index contributed by atoms with van der Waals surface area (Å²) in [5.41, 5.74) is 0.815. The normalized spacial score (nSPS) is 10.4. The molecule has 0 fully saturated rings. The third kappa shape index (κ3) is 3.12. The monoisotopic (exact) mass is 414 g/mol. The van der Waals surface area contributed by atoms with Crippen molar-refractivity contribution >= 4 is 69.0 Å². The van der Waals surface area contributed by atoms with Crippen LogP contribution in [0.15, 0.2) is 24.3 Å². The van der Waals surface area contributed by atoms with Crippen LogP contribution in [0.1, 0.15) is 10.5 Å². The van der Waals surface area contributed by atoms with Gasteiger partial charge >= 0.3 is 0 Å². The van der Waals surface area contributed by atoms with Crippen LogP contribution in [-0.4, -0.2) is 10.9 Å². The molecule has 1 aromatic carbocycles. The predicted molar refractivity (Wildman–Crippen MR) is 82.9 cm³/mol. The zero-order valence-corrected chi connectivity index (χ0v) is 13.2. The number of hydrogen-bond donors (Lipinski definition) is 2. The quantitative estimate of drug-likeness (QED) is 0.678. The lowest BCUT2D eigenvalue weighted by atomic mass is 10.3. The highest BCUT2D eigenvalue weighted by Crippen LogP contribution is 2.26. The number of aromatic amines is 1. The molecule has 1 heterocycles. The fourth-order valence-electron chi connectivity index (χ4n) is 1.31. The SMILES string of the molecule is O=C(Nc1cc(I)ccc1Cl)c1cc(Cl)c(Cl)[nH]1. The number of benzene rings is 1.